The lowest BCUT2D eigenvalue weighted by atomic mass is 9.97. The van der Waals surface area contributed by atoms with Crippen molar-refractivity contribution in [2.75, 3.05) is 19.4 Å². The number of nitrogens with one attached hydrogen (secondary N) is 2. The first-order valence-electron chi connectivity index (χ1n) is 9.49. The monoisotopic (exact) mass is 453 g/mol. The third-order valence-electron chi connectivity index (χ3n) is 4.70. The maximum atomic E-state index is 12.8. The molecule has 158 valence electrons. The van der Waals surface area contributed by atoms with Crippen LogP contribution in [-0.2, 0) is 6.42 Å². The van der Waals surface area contributed by atoms with Gasteiger partial charge in [-0.25, -0.2) is 0 Å². The SMILES string of the molecule is CN(C)C(=N)c1ccc(C(=O)Cc2ccc(Cl)cc2C(=O)Nc2ccc(Cl)cc2)cc1. The number of ketones is 1. The summed E-state index contributed by atoms with van der Waals surface area (Å²) in [5, 5.41) is 11.8. The molecule has 31 heavy (non-hydrogen) atoms. The number of anilines is 1. The topological polar surface area (TPSA) is 73.3 Å². The van der Waals surface area contributed by atoms with E-state index in [1.807, 2.05) is 0 Å². The second-order valence-electron chi connectivity index (χ2n) is 7.18. The van der Waals surface area contributed by atoms with Crippen LogP contribution in [0, 0.1) is 5.41 Å². The van der Waals surface area contributed by atoms with E-state index in [0.717, 1.165) is 5.56 Å². The molecule has 0 saturated heterocycles. The van der Waals surface area contributed by atoms with Gasteiger partial charge in [0, 0.05) is 52.9 Å². The van der Waals surface area contributed by atoms with Crippen molar-refractivity contribution in [3.8, 4) is 0 Å². The highest BCUT2D eigenvalue weighted by molar-refractivity contribution is 6.31. The molecule has 0 aliphatic carbocycles. The molecule has 0 heterocycles. The zero-order valence-electron chi connectivity index (χ0n) is 17.1. The summed E-state index contributed by atoms with van der Waals surface area (Å²) in [5.74, 6) is -0.133. The van der Waals surface area contributed by atoms with Gasteiger partial charge in [-0.3, -0.25) is 15.0 Å². The molecule has 0 spiro atoms. The Morgan fingerprint density at radius 2 is 1.45 bits per heavy atom. The fourth-order valence-corrected chi connectivity index (χ4v) is 3.29. The molecule has 3 rings (SSSR count). The Bertz CT molecular complexity index is 1120. The summed E-state index contributed by atoms with van der Waals surface area (Å²) in [5.41, 5.74) is 2.73. The molecule has 0 fully saturated rings. The predicted molar refractivity (Wildman–Crippen MR) is 126 cm³/mol. The van der Waals surface area contributed by atoms with Crippen LogP contribution in [0.2, 0.25) is 10.0 Å². The van der Waals surface area contributed by atoms with Crippen LogP contribution in [0.1, 0.15) is 31.8 Å². The molecule has 2 N–H and O–H groups in total. The fraction of sp³-hybridized carbons (Fsp3) is 0.125. The largest absolute Gasteiger partial charge is 0.363 e. The van der Waals surface area contributed by atoms with Crippen LogP contribution in [0.3, 0.4) is 0 Å². The van der Waals surface area contributed by atoms with Crippen LogP contribution in [0.15, 0.2) is 66.7 Å². The number of benzene rings is 3. The summed E-state index contributed by atoms with van der Waals surface area (Å²) in [6.07, 6.45) is 0.0466. The average molecular weight is 454 g/mol. The van der Waals surface area contributed by atoms with Crippen molar-refractivity contribution in [3.05, 3.63) is 99.0 Å². The number of amides is 1. The van der Waals surface area contributed by atoms with Gasteiger partial charge in [0.15, 0.2) is 5.78 Å². The van der Waals surface area contributed by atoms with E-state index in [-0.39, 0.29) is 18.1 Å². The van der Waals surface area contributed by atoms with E-state index in [9.17, 15) is 9.59 Å². The Morgan fingerprint density at radius 3 is 2.06 bits per heavy atom. The molecule has 0 saturated carbocycles. The zero-order valence-corrected chi connectivity index (χ0v) is 18.6. The van der Waals surface area contributed by atoms with Gasteiger partial charge < -0.3 is 10.2 Å². The normalized spacial score (nSPS) is 10.5. The van der Waals surface area contributed by atoms with Crippen molar-refractivity contribution in [2.45, 2.75) is 6.42 Å². The lowest BCUT2D eigenvalue weighted by molar-refractivity contribution is 0.0992. The van der Waals surface area contributed by atoms with Gasteiger partial charge >= 0.3 is 0 Å². The molecule has 7 heteroatoms. The lowest BCUT2D eigenvalue weighted by Crippen LogP contribution is -2.21. The second kappa shape index (κ2) is 9.77. The Hall–Kier alpha value is -3.15. The third-order valence-corrected chi connectivity index (χ3v) is 5.18. The van der Waals surface area contributed by atoms with Crippen molar-refractivity contribution >= 4 is 46.4 Å². The molecule has 0 atom stereocenters. The molecule has 0 radical (unpaired) electrons. The zero-order chi connectivity index (χ0) is 22.5. The Kier molecular flexibility index (Phi) is 7.10. The summed E-state index contributed by atoms with van der Waals surface area (Å²) >= 11 is 12.0. The molecule has 1 amide bonds. The molecule has 0 unspecified atom stereocenters. The highest BCUT2D eigenvalue weighted by atomic mass is 35.5. The number of Topliss-reactive ketones (excluding diaryl/α,β-unsaturated/α-hetero) is 1. The smallest absolute Gasteiger partial charge is 0.256 e. The molecular weight excluding hydrogens is 433 g/mol. The Labute approximate surface area is 191 Å². The van der Waals surface area contributed by atoms with Gasteiger partial charge in [-0.05, 0) is 42.0 Å². The summed E-state index contributed by atoms with van der Waals surface area (Å²) < 4.78 is 0. The Morgan fingerprint density at radius 1 is 0.871 bits per heavy atom. The van der Waals surface area contributed by atoms with Crippen LogP contribution >= 0.6 is 23.2 Å². The highest BCUT2D eigenvalue weighted by Crippen LogP contribution is 2.21. The fourth-order valence-electron chi connectivity index (χ4n) is 2.99. The molecule has 0 aromatic heterocycles. The van der Waals surface area contributed by atoms with E-state index in [0.29, 0.717) is 38.3 Å². The van der Waals surface area contributed by atoms with Gasteiger partial charge in [0.2, 0.25) is 0 Å². The highest BCUT2D eigenvalue weighted by Gasteiger charge is 2.17. The lowest BCUT2D eigenvalue weighted by Gasteiger charge is -2.14. The van der Waals surface area contributed by atoms with Crippen LogP contribution in [0.25, 0.3) is 0 Å². The van der Waals surface area contributed by atoms with E-state index in [2.05, 4.69) is 5.32 Å². The number of rotatable bonds is 6. The number of carbonyl (C=O) groups excluding carboxylic acids is 2. The van der Waals surface area contributed by atoms with Crippen LogP contribution < -0.4 is 5.32 Å². The first kappa shape index (κ1) is 22.5. The van der Waals surface area contributed by atoms with Crippen LogP contribution in [0.4, 0.5) is 5.69 Å². The number of hydrogen-bond donors (Lipinski definition) is 2. The summed E-state index contributed by atoms with van der Waals surface area (Å²) in [7, 11) is 3.58. The summed E-state index contributed by atoms with van der Waals surface area (Å²) in [6, 6.07) is 18.5. The summed E-state index contributed by atoms with van der Waals surface area (Å²) in [4.78, 5) is 27.4. The van der Waals surface area contributed by atoms with Crippen molar-refractivity contribution < 1.29 is 9.59 Å². The first-order chi connectivity index (χ1) is 14.7. The number of amidine groups is 1. The van der Waals surface area contributed by atoms with E-state index < -0.39 is 0 Å². The number of halogens is 2. The van der Waals surface area contributed by atoms with Gasteiger partial charge in [-0.1, -0.05) is 53.5 Å². The first-order valence-corrected chi connectivity index (χ1v) is 10.2. The van der Waals surface area contributed by atoms with Crippen LogP contribution in [-0.4, -0.2) is 36.5 Å². The predicted octanol–water partition coefficient (Wildman–Crippen LogP) is 5.56. The molecule has 3 aromatic rings. The van der Waals surface area contributed by atoms with Gasteiger partial charge in [0.1, 0.15) is 5.84 Å². The van der Waals surface area contributed by atoms with Crippen molar-refractivity contribution in [3.63, 3.8) is 0 Å². The third kappa shape index (κ3) is 5.72. The minimum absolute atomic E-state index is 0.0466. The van der Waals surface area contributed by atoms with Gasteiger partial charge in [0.25, 0.3) is 5.91 Å². The standard InChI is InChI=1S/C24H21Cl2N3O2/c1-29(2)23(27)16-5-3-15(4-6-16)22(30)13-17-7-8-19(26)14-21(17)24(31)28-20-11-9-18(25)10-12-20/h3-12,14,27H,13H2,1-2H3,(H,28,31). The summed E-state index contributed by atoms with van der Waals surface area (Å²) in [6.45, 7) is 0. The Balaban J connectivity index is 1.80. The molecule has 0 bridgehead atoms. The maximum Gasteiger partial charge on any atom is 0.256 e. The number of nitrogens with zero attached hydrogens (tertiary/aromatic N) is 1. The van der Waals surface area contributed by atoms with Crippen LogP contribution in [0.5, 0.6) is 0 Å². The van der Waals surface area contributed by atoms with Crippen molar-refractivity contribution in [2.24, 2.45) is 0 Å². The van der Waals surface area contributed by atoms with Gasteiger partial charge in [-0.15, -0.1) is 0 Å². The molecule has 0 aliphatic rings. The minimum atomic E-state index is -0.359. The maximum absolute atomic E-state index is 12.8. The number of carbonyl (C=O) groups is 2. The average Bonchev–Trinajstić information content (AvgIpc) is 2.76. The van der Waals surface area contributed by atoms with Crippen molar-refractivity contribution in [1.82, 2.24) is 4.90 Å². The minimum Gasteiger partial charge on any atom is -0.363 e. The van der Waals surface area contributed by atoms with E-state index in [1.54, 1.807) is 85.7 Å². The van der Waals surface area contributed by atoms with E-state index in [1.165, 1.54) is 0 Å². The molecule has 3 aromatic carbocycles. The van der Waals surface area contributed by atoms with E-state index >= 15 is 0 Å². The van der Waals surface area contributed by atoms with Gasteiger partial charge in [0.05, 0.1) is 0 Å². The molecule has 0 aliphatic heterocycles. The molecular formula is C24H21Cl2N3O2. The van der Waals surface area contributed by atoms with E-state index in [4.69, 9.17) is 28.6 Å². The number of hydrogen-bond acceptors (Lipinski definition) is 3. The second-order valence-corrected chi connectivity index (χ2v) is 8.06. The molecule has 5 nitrogen and oxygen atoms in total. The van der Waals surface area contributed by atoms with Crippen molar-refractivity contribution in [1.29, 1.82) is 5.41 Å². The van der Waals surface area contributed by atoms with Gasteiger partial charge in [-0.2, -0.15) is 0 Å². The quantitative estimate of drug-likeness (QED) is 0.291.